The lowest BCUT2D eigenvalue weighted by Crippen LogP contribution is -2.52. The molecular weight excluding hydrogens is 442 g/mol. The van der Waals surface area contributed by atoms with E-state index in [0.29, 0.717) is 59.6 Å². The molecule has 1 N–H and O–H groups in total. The van der Waals surface area contributed by atoms with E-state index in [0.717, 1.165) is 11.3 Å². The Balaban J connectivity index is 1.36. The predicted octanol–water partition coefficient (Wildman–Crippen LogP) is 3.41. The lowest BCUT2D eigenvalue weighted by Gasteiger charge is -2.34. The zero-order valence-electron chi connectivity index (χ0n) is 19.6. The van der Waals surface area contributed by atoms with Crippen molar-refractivity contribution in [2.24, 2.45) is 0 Å². The van der Waals surface area contributed by atoms with Crippen LogP contribution in [0.2, 0.25) is 0 Å². The fraction of sp³-hybridized carbons (Fsp3) is 0.222. The van der Waals surface area contributed by atoms with E-state index in [1.54, 1.807) is 29.4 Å². The largest absolute Gasteiger partial charge is 0.359 e. The smallest absolute Gasteiger partial charge is 0.295 e. The van der Waals surface area contributed by atoms with Crippen LogP contribution in [0.25, 0.3) is 22.3 Å². The van der Waals surface area contributed by atoms with Gasteiger partial charge in [-0.05, 0) is 43.7 Å². The second kappa shape index (κ2) is 9.13. The van der Waals surface area contributed by atoms with E-state index in [4.69, 9.17) is 0 Å². The average Bonchev–Trinajstić information content (AvgIpc) is 3.34. The van der Waals surface area contributed by atoms with Crippen molar-refractivity contribution in [3.8, 4) is 11.4 Å². The number of aromatic amines is 1. The molecule has 0 spiro atoms. The average molecular weight is 468 g/mol. The van der Waals surface area contributed by atoms with E-state index in [1.807, 2.05) is 50.2 Å². The molecule has 0 unspecified atom stereocenters. The molecule has 1 aromatic carbocycles. The van der Waals surface area contributed by atoms with Gasteiger partial charge in [0.1, 0.15) is 5.69 Å². The Morgan fingerprint density at radius 1 is 0.886 bits per heavy atom. The number of carbonyl (C=O) groups excluding carboxylic acids is 3. The number of H-pyrrole nitrogens is 1. The number of pyridine rings is 2. The first-order chi connectivity index (χ1) is 16.9. The summed E-state index contributed by atoms with van der Waals surface area (Å²) in [6, 6.07) is 14.7. The first kappa shape index (κ1) is 22.5. The van der Waals surface area contributed by atoms with E-state index in [2.05, 4.69) is 15.0 Å². The lowest BCUT2D eigenvalue weighted by molar-refractivity contribution is -0.127. The maximum atomic E-state index is 13.3. The second-order valence-electron chi connectivity index (χ2n) is 8.69. The number of rotatable bonds is 4. The summed E-state index contributed by atoms with van der Waals surface area (Å²) in [4.78, 5) is 54.6. The third-order valence-corrected chi connectivity index (χ3v) is 6.34. The molecule has 5 rings (SSSR count). The Kier molecular flexibility index (Phi) is 5.86. The molecule has 0 radical (unpaired) electrons. The molecule has 176 valence electrons. The van der Waals surface area contributed by atoms with E-state index in [1.165, 1.54) is 4.90 Å². The minimum Gasteiger partial charge on any atom is -0.359 e. The maximum absolute atomic E-state index is 13.3. The van der Waals surface area contributed by atoms with Crippen molar-refractivity contribution in [3.63, 3.8) is 0 Å². The number of benzene rings is 1. The van der Waals surface area contributed by atoms with Gasteiger partial charge >= 0.3 is 0 Å². The van der Waals surface area contributed by atoms with Gasteiger partial charge in [0.05, 0.1) is 16.8 Å². The molecule has 4 aromatic rings. The van der Waals surface area contributed by atoms with Gasteiger partial charge in [-0.1, -0.05) is 24.3 Å². The van der Waals surface area contributed by atoms with Crippen molar-refractivity contribution in [2.75, 3.05) is 26.2 Å². The van der Waals surface area contributed by atoms with Crippen LogP contribution in [0.1, 0.15) is 32.0 Å². The summed E-state index contributed by atoms with van der Waals surface area (Å²) in [5.74, 6) is -1.21. The summed E-state index contributed by atoms with van der Waals surface area (Å²) in [6.07, 6.45) is 3.28. The number of hydrogen-bond acceptors (Lipinski definition) is 5. The molecule has 3 aromatic heterocycles. The van der Waals surface area contributed by atoms with E-state index < -0.39 is 11.7 Å². The quantitative estimate of drug-likeness (QED) is 0.366. The second-order valence-corrected chi connectivity index (χ2v) is 8.69. The molecule has 1 saturated heterocycles. The fourth-order valence-corrected chi connectivity index (χ4v) is 4.49. The normalized spacial score (nSPS) is 13.8. The molecular formula is C27H25N5O3. The minimum atomic E-state index is -0.573. The van der Waals surface area contributed by atoms with Gasteiger partial charge in [0.2, 0.25) is 0 Å². The van der Waals surface area contributed by atoms with Gasteiger partial charge in [0.15, 0.2) is 0 Å². The minimum absolute atomic E-state index is 0.0685. The Morgan fingerprint density at radius 2 is 1.60 bits per heavy atom. The van der Waals surface area contributed by atoms with Crippen molar-refractivity contribution in [3.05, 3.63) is 83.3 Å². The maximum Gasteiger partial charge on any atom is 0.295 e. The Hall–Kier alpha value is -4.33. The molecule has 1 aliphatic rings. The first-order valence-corrected chi connectivity index (χ1v) is 11.5. The van der Waals surface area contributed by atoms with Crippen molar-refractivity contribution in [2.45, 2.75) is 13.8 Å². The molecule has 2 amide bonds. The van der Waals surface area contributed by atoms with E-state index in [9.17, 15) is 14.4 Å². The molecule has 0 aliphatic carbocycles. The number of nitrogens with one attached hydrogen (secondary N) is 1. The fourth-order valence-electron chi connectivity index (χ4n) is 4.49. The SMILES string of the molecule is Cc1cccc(-c2ncc(C)c3c(C(=O)C(=O)N4CCN(C(=O)c5ccccc5)CC4)c[nH]c23)n1. The van der Waals surface area contributed by atoms with Gasteiger partial charge in [-0.25, -0.2) is 0 Å². The molecule has 35 heavy (non-hydrogen) atoms. The van der Waals surface area contributed by atoms with Crippen LogP contribution in [0.15, 0.2) is 60.9 Å². The highest BCUT2D eigenvalue weighted by molar-refractivity contribution is 6.45. The Labute approximate surface area is 202 Å². The topological polar surface area (TPSA) is 99.3 Å². The highest BCUT2D eigenvalue weighted by Crippen LogP contribution is 2.30. The van der Waals surface area contributed by atoms with Crippen LogP contribution >= 0.6 is 0 Å². The number of aromatic nitrogens is 3. The van der Waals surface area contributed by atoms with Crippen LogP contribution in [0, 0.1) is 13.8 Å². The predicted molar refractivity (Wildman–Crippen MR) is 132 cm³/mol. The van der Waals surface area contributed by atoms with Crippen molar-refractivity contribution in [1.82, 2.24) is 24.8 Å². The highest BCUT2D eigenvalue weighted by Gasteiger charge is 2.30. The summed E-state index contributed by atoms with van der Waals surface area (Å²) in [6.45, 7) is 5.16. The summed E-state index contributed by atoms with van der Waals surface area (Å²) in [5.41, 5.74) is 4.60. The van der Waals surface area contributed by atoms with Gasteiger partial charge in [0, 0.05) is 55.2 Å². The molecule has 8 nitrogen and oxygen atoms in total. The Morgan fingerprint density at radius 3 is 2.31 bits per heavy atom. The lowest BCUT2D eigenvalue weighted by atomic mass is 10.0. The van der Waals surface area contributed by atoms with Crippen LogP contribution in [0.3, 0.4) is 0 Å². The van der Waals surface area contributed by atoms with Gasteiger partial charge in [-0.2, -0.15) is 0 Å². The Bertz CT molecular complexity index is 1440. The van der Waals surface area contributed by atoms with Crippen LogP contribution in [0.5, 0.6) is 0 Å². The number of piperazine rings is 1. The van der Waals surface area contributed by atoms with Crippen LogP contribution in [-0.4, -0.2) is 68.5 Å². The number of nitrogens with zero attached hydrogens (tertiary/aromatic N) is 4. The molecule has 4 heterocycles. The molecule has 0 bridgehead atoms. The zero-order valence-corrected chi connectivity index (χ0v) is 19.6. The third-order valence-electron chi connectivity index (χ3n) is 6.34. The van der Waals surface area contributed by atoms with Crippen LogP contribution in [0.4, 0.5) is 0 Å². The summed E-state index contributed by atoms with van der Waals surface area (Å²) < 4.78 is 0. The molecule has 1 aliphatic heterocycles. The van der Waals surface area contributed by atoms with Crippen molar-refractivity contribution < 1.29 is 14.4 Å². The van der Waals surface area contributed by atoms with Gasteiger partial charge < -0.3 is 14.8 Å². The van der Waals surface area contributed by atoms with E-state index >= 15 is 0 Å². The number of ketones is 1. The number of hydrogen-bond donors (Lipinski definition) is 1. The number of fused-ring (bicyclic) bond motifs is 1. The van der Waals surface area contributed by atoms with Gasteiger partial charge in [-0.15, -0.1) is 0 Å². The van der Waals surface area contributed by atoms with Gasteiger partial charge in [0.25, 0.3) is 17.6 Å². The monoisotopic (exact) mass is 467 g/mol. The van der Waals surface area contributed by atoms with Crippen molar-refractivity contribution >= 4 is 28.5 Å². The summed E-state index contributed by atoms with van der Waals surface area (Å²) in [7, 11) is 0. The number of amides is 2. The zero-order chi connectivity index (χ0) is 24.5. The molecule has 0 saturated carbocycles. The summed E-state index contributed by atoms with van der Waals surface area (Å²) in [5, 5.41) is 0.676. The molecule has 0 atom stereocenters. The number of aryl methyl sites for hydroxylation is 2. The van der Waals surface area contributed by atoms with E-state index in [-0.39, 0.29) is 5.91 Å². The first-order valence-electron chi connectivity index (χ1n) is 11.5. The standard InChI is InChI=1S/C27H25N5O3/c1-17-15-28-23(21-10-6-7-18(2)30-21)24-22(17)20(16-29-24)25(33)27(35)32-13-11-31(12-14-32)26(34)19-8-4-3-5-9-19/h3-10,15-16,29H,11-14H2,1-2H3. The van der Waals surface area contributed by atoms with Crippen molar-refractivity contribution in [1.29, 1.82) is 0 Å². The van der Waals surface area contributed by atoms with Crippen LogP contribution < -0.4 is 0 Å². The third kappa shape index (κ3) is 4.19. The number of Topliss-reactive ketones (excluding diaryl/α,β-unsaturated/α-hetero) is 1. The molecule has 1 fully saturated rings. The van der Waals surface area contributed by atoms with Gasteiger partial charge in [-0.3, -0.25) is 24.4 Å². The number of carbonyl (C=O) groups is 3. The molecule has 8 heteroatoms. The highest BCUT2D eigenvalue weighted by atomic mass is 16.2. The van der Waals surface area contributed by atoms with Crippen LogP contribution in [-0.2, 0) is 4.79 Å². The summed E-state index contributed by atoms with van der Waals surface area (Å²) >= 11 is 0.